The van der Waals surface area contributed by atoms with Crippen molar-refractivity contribution in [2.75, 3.05) is 5.32 Å². The van der Waals surface area contributed by atoms with Crippen LogP contribution >= 0.6 is 0 Å². The smallest absolute Gasteiger partial charge is 0.230 e. The van der Waals surface area contributed by atoms with E-state index in [0.29, 0.717) is 12.8 Å². The third-order valence-corrected chi connectivity index (χ3v) is 4.12. The van der Waals surface area contributed by atoms with Gasteiger partial charge >= 0.3 is 0 Å². The van der Waals surface area contributed by atoms with Crippen LogP contribution in [0.1, 0.15) is 52.0 Å². The molecule has 0 aliphatic carbocycles. The molecule has 1 unspecified atom stereocenters. The van der Waals surface area contributed by atoms with Gasteiger partial charge in [-0.2, -0.15) is 0 Å². The second-order valence-electron chi connectivity index (χ2n) is 7.68. The first-order chi connectivity index (χ1) is 11.2. The van der Waals surface area contributed by atoms with Crippen molar-refractivity contribution in [2.24, 2.45) is 11.3 Å². The lowest BCUT2D eigenvalue weighted by molar-refractivity contribution is -0.125. The van der Waals surface area contributed by atoms with Crippen LogP contribution < -0.4 is 10.6 Å². The zero-order chi connectivity index (χ0) is 17.7. The van der Waals surface area contributed by atoms with Crippen LogP contribution in [0.2, 0.25) is 0 Å². The van der Waals surface area contributed by atoms with Crippen LogP contribution in [0.15, 0.2) is 24.3 Å². The third kappa shape index (κ3) is 5.80. The average Bonchev–Trinajstić information content (AvgIpc) is 2.77. The van der Waals surface area contributed by atoms with Gasteiger partial charge < -0.3 is 5.32 Å². The van der Waals surface area contributed by atoms with Crippen molar-refractivity contribution in [3.63, 3.8) is 0 Å². The standard InChI is InChI=1S/C19H26N2O3/c1-19(2,3)10-4-5-16(22)20-15-8-6-13(7-9-15)11-14-12-17(23)21-18(14)24/h6-9,14H,4-5,10-12H2,1-3H3,(H,20,22)(H,21,23,24). The van der Waals surface area contributed by atoms with Gasteiger partial charge in [-0.3, -0.25) is 19.7 Å². The van der Waals surface area contributed by atoms with Crippen LogP contribution in [0.5, 0.6) is 0 Å². The summed E-state index contributed by atoms with van der Waals surface area (Å²) in [6.45, 7) is 6.51. The van der Waals surface area contributed by atoms with E-state index in [1.54, 1.807) is 0 Å². The van der Waals surface area contributed by atoms with Gasteiger partial charge in [0.25, 0.3) is 0 Å². The summed E-state index contributed by atoms with van der Waals surface area (Å²) in [5, 5.41) is 5.21. The van der Waals surface area contributed by atoms with E-state index in [0.717, 1.165) is 24.1 Å². The molecule has 1 saturated heterocycles. The Kier molecular flexibility index (Phi) is 5.75. The molecular weight excluding hydrogens is 304 g/mol. The summed E-state index contributed by atoms with van der Waals surface area (Å²) in [5.74, 6) is -0.663. The van der Waals surface area contributed by atoms with Gasteiger partial charge in [0.05, 0.1) is 5.92 Å². The van der Waals surface area contributed by atoms with E-state index in [-0.39, 0.29) is 35.5 Å². The molecule has 2 rings (SSSR count). The molecular formula is C19H26N2O3. The largest absolute Gasteiger partial charge is 0.326 e. The normalized spacial score (nSPS) is 17.7. The van der Waals surface area contributed by atoms with E-state index in [9.17, 15) is 14.4 Å². The second kappa shape index (κ2) is 7.60. The highest BCUT2D eigenvalue weighted by molar-refractivity contribution is 6.03. The van der Waals surface area contributed by atoms with E-state index >= 15 is 0 Å². The van der Waals surface area contributed by atoms with Gasteiger partial charge in [-0.15, -0.1) is 0 Å². The molecule has 0 radical (unpaired) electrons. The van der Waals surface area contributed by atoms with Gasteiger partial charge in [-0.1, -0.05) is 32.9 Å². The van der Waals surface area contributed by atoms with Gasteiger partial charge in [-0.25, -0.2) is 0 Å². The fraction of sp³-hybridized carbons (Fsp3) is 0.526. The number of imide groups is 1. The van der Waals surface area contributed by atoms with Gasteiger partial charge in [0.1, 0.15) is 0 Å². The van der Waals surface area contributed by atoms with Crippen LogP contribution in [-0.2, 0) is 20.8 Å². The minimum atomic E-state index is -0.282. The molecule has 1 fully saturated rings. The molecule has 0 bridgehead atoms. The van der Waals surface area contributed by atoms with Gasteiger partial charge in [0.15, 0.2) is 0 Å². The number of nitrogens with one attached hydrogen (secondary N) is 2. The number of hydrogen-bond donors (Lipinski definition) is 2. The summed E-state index contributed by atoms with van der Waals surface area (Å²) in [6, 6.07) is 7.46. The Bertz CT molecular complexity index is 614. The lowest BCUT2D eigenvalue weighted by Gasteiger charge is -2.17. The number of rotatable bonds is 6. The summed E-state index contributed by atoms with van der Waals surface area (Å²) in [7, 11) is 0. The molecule has 0 spiro atoms. The molecule has 3 amide bonds. The molecule has 0 saturated carbocycles. The number of amides is 3. The minimum Gasteiger partial charge on any atom is -0.326 e. The number of hydrogen-bond acceptors (Lipinski definition) is 3. The fourth-order valence-electron chi connectivity index (χ4n) is 2.78. The van der Waals surface area contributed by atoms with Crippen molar-refractivity contribution in [3.05, 3.63) is 29.8 Å². The van der Waals surface area contributed by atoms with Crippen LogP contribution in [0.3, 0.4) is 0 Å². The first-order valence-electron chi connectivity index (χ1n) is 8.45. The number of carbonyl (C=O) groups excluding carboxylic acids is 3. The van der Waals surface area contributed by atoms with E-state index in [2.05, 4.69) is 31.4 Å². The zero-order valence-electron chi connectivity index (χ0n) is 14.6. The highest BCUT2D eigenvalue weighted by Crippen LogP contribution is 2.22. The maximum Gasteiger partial charge on any atom is 0.230 e. The van der Waals surface area contributed by atoms with Crippen LogP contribution in [-0.4, -0.2) is 17.7 Å². The van der Waals surface area contributed by atoms with E-state index in [4.69, 9.17) is 0 Å². The average molecular weight is 330 g/mol. The molecule has 1 aliphatic rings. The topological polar surface area (TPSA) is 75.3 Å². The predicted octanol–water partition coefficient (Wildman–Crippen LogP) is 3.05. The van der Waals surface area contributed by atoms with E-state index in [1.807, 2.05) is 24.3 Å². The fourth-order valence-corrected chi connectivity index (χ4v) is 2.78. The van der Waals surface area contributed by atoms with E-state index in [1.165, 1.54) is 0 Å². The second-order valence-corrected chi connectivity index (χ2v) is 7.68. The quantitative estimate of drug-likeness (QED) is 0.787. The molecule has 24 heavy (non-hydrogen) atoms. The Balaban J connectivity index is 1.80. The predicted molar refractivity (Wildman–Crippen MR) is 93.3 cm³/mol. The van der Waals surface area contributed by atoms with Crippen molar-refractivity contribution < 1.29 is 14.4 Å². The van der Waals surface area contributed by atoms with Crippen molar-refractivity contribution >= 4 is 23.4 Å². The molecule has 1 atom stereocenters. The van der Waals surface area contributed by atoms with Gasteiger partial charge in [-0.05, 0) is 42.4 Å². The number of carbonyl (C=O) groups is 3. The summed E-state index contributed by atoms with van der Waals surface area (Å²) in [5.41, 5.74) is 1.98. The Hall–Kier alpha value is -2.17. The molecule has 5 heteroatoms. The lowest BCUT2D eigenvalue weighted by Crippen LogP contribution is -2.22. The lowest BCUT2D eigenvalue weighted by atomic mass is 9.90. The van der Waals surface area contributed by atoms with Crippen LogP contribution in [0.25, 0.3) is 0 Å². The van der Waals surface area contributed by atoms with E-state index < -0.39 is 0 Å². The van der Waals surface area contributed by atoms with Crippen molar-refractivity contribution in [1.82, 2.24) is 5.32 Å². The molecule has 1 aromatic carbocycles. The van der Waals surface area contributed by atoms with Crippen molar-refractivity contribution in [2.45, 2.75) is 52.9 Å². The Morgan fingerprint density at radius 3 is 2.42 bits per heavy atom. The van der Waals surface area contributed by atoms with Gasteiger partial charge in [0, 0.05) is 18.5 Å². The Labute approximate surface area is 143 Å². The highest BCUT2D eigenvalue weighted by Gasteiger charge is 2.30. The number of anilines is 1. The zero-order valence-corrected chi connectivity index (χ0v) is 14.6. The summed E-state index contributed by atoms with van der Waals surface area (Å²) < 4.78 is 0. The van der Waals surface area contributed by atoms with Gasteiger partial charge in [0.2, 0.25) is 17.7 Å². The highest BCUT2D eigenvalue weighted by atomic mass is 16.2. The maximum atomic E-state index is 11.9. The molecule has 0 aromatic heterocycles. The Morgan fingerprint density at radius 1 is 1.21 bits per heavy atom. The molecule has 1 aromatic rings. The first kappa shape index (κ1) is 18.2. The first-order valence-corrected chi connectivity index (χ1v) is 8.45. The van der Waals surface area contributed by atoms with Crippen molar-refractivity contribution in [3.8, 4) is 0 Å². The molecule has 5 nitrogen and oxygen atoms in total. The number of benzene rings is 1. The maximum absolute atomic E-state index is 11.9. The molecule has 130 valence electrons. The molecule has 1 aliphatic heterocycles. The summed E-state index contributed by atoms with van der Waals surface area (Å²) in [6.07, 6.45) is 3.20. The summed E-state index contributed by atoms with van der Waals surface area (Å²) >= 11 is 0. The SMILES string of the molecule is CC(C)(C)CCCC(=O)Nc1ccc(CC2CC(=O)NC2=O)cc1. The molecule has 1 heterocycles. The van der Waals surface area contributed by atoms with Crippen LogP contribution in [0, 0.1) is 11.3 Å². The third-order valence-electron chi connectivity index (χ3n) is 4.12. The van der Waals surface area contributed by atoms with Crippen LogP contribution in [0.4, 0.5) is 5.69 Å². The monoisotopic (exact) mass is 330 g/mol. The summed E-state index contributed by atoms with van der Waals surface area (Å²) in [4.78, 5) is 34.7. The molecule has 2 N–H and O–H groups in total. The Morgan fingerprint density at radius 2 is 1.88 bits per heavy atom. The minimum absolute atomic E-state index is 0.0211. The van der Waals surface area contributed by atoms with Crippen molar-refractivity contribution in [1.29, 1.82) is 0 Å².